The number of halogens is 3. The van der Waals surface area contributed by atoms with Crippen LogP contribution in [0.2, 0.25) is 0 Å². The highest BCUT2D eigenvalue weighted by Gasteiger charge is 2.30. The molecule has 0 N–H and O–H groups in total. The van der Waals surface area contributed by atoms with Crippen LogP contribution < -0.4 is 0 Å². The van der Waals surface area contributed by atoms with Crippen LogP contribution in [0.25, 0.3) is 0 Å². The number of hydrogen-bond acceptors (Lipinski definition) is 3. The summed E-state index contributed by atoms with van der Waals surface area (Å²) in [6.45, 7) is 4.99. The normalized spacial score (nSPS) is 17.3. The SMILES string of the molecule is C[C@@H](C(=O)N1CCN(Cc2ccc(C(F)(F)F)cc2)CC1)n1cccn1. The van der Waals surface area contributed by atoms with Crippen LogP contribution in [-0.2, 0) is 17.5 Å². The van der Waals surface area contributed by atoms with Gasteiger partial charge in [-0.2, -0.15) is 18.3 Å². The summed E-state index contributed by atoms with van der Waals surface area (Å²) < 4.78 is 39.5. The molecular weight excluding hydrogens is 345 g/mol. The van der Waals surface area contributed by atoms with E-state index in [-0.39, 0.29) is 11.9 Å². The van der Waals surface area contributed by atoms with Crippen LogP contribution in [0.3, 0.4) is 0 Å². The monoisotopic (exact) mass is 366 g/mol. The van der Waals surface area contributed by atoms with E-state index in [9.17, 15) is 18.0 Å². The predicted molar refractivity (Wildman–Crippen MR) is 90.2 cm³/mol. The first-order valence-corrected chi connectivity index (χ1v) is 8.51. The largest absolute Gasteiger partial charge is 0.416 e. The van der Waals surface area contributed by atoms with Gasteiger partial charge in [-0.1, -0.05) is 12.1 Å². The smallest absolute Gasteiger partial charge is 0.338 e. The molecule has 1 aromatic carbocycles. The summed E-state index contributed by atoms with van der Waals surface area (Å²) in [6, 6.07) is 6.69. The van der Waals surface area contributed by atoms with Crippen LogP contribution in [0.4, 0.5) is 13.2 Å². The minimum atomic E-state index is -4.31. The van der Waals surface area contributed by atoms with Gasteiger partial charge in [-0.05, 0) is 30.7 Å². The highest BCUT2D eigenvalue weighted by Crippen LogP contribution is 2.29. The molecule has 1 aliphatic rings. The molecule has 0 bridgehead atoms. The van der Waals surface area contributed by atoms with Gasteiger partial charge in [0.1, 0.15) is 6.04 Å². The third kappa shape index (κ3) is 4.24. The molecule has 1 amide bonds. The van der Waals surface area contributed by atoms with Gasteiger partial charge in [0.15, 0.2) is 0 Å². The van der Waals surface area contributed by atoms with Gasteiger partial charge in [0, 0.05) is 45.1 Å². The summed E-state index contributed by atoms with van der Waals surface area (Å²) >= 11 is 0. The van der Waals surface area contributed by atoms with Gasteiger partial charge in [0.2, 0.25) is 5.91 Å². The molecule has 0 aliphatic carbocycles. The number of piperazine rings is 1. The molecule has 1 saturated heterocycles. The van der Waals surface area contributed by atoms with Crippen molar-refractivity contribution >= 4 is 5.91 Å². The summed E-state index contributed by atoms with van der Waals surface area (Å²) in [7, 11) is 0. The van der Waals surface area contributed by atoms with Crippen molar-refractivity contribution in [2.45, 2.75) is 25.7 Å². The molecule has 26 heavy (non-hydrogen) atoms. The number of carbonyl (C=O) groups is 1. The third-order valence-electron chi connectivity index (χ3n) is 4.65. The number of hydrogen-bond donors (Lipinski definition) is 0. The van der Waals surface area contributed by atoms with Crippen LogP contribution >= 0.6 is 0 Å². The Morgan fingerprint density at radius 3 is 2.35 bits per heavy atom. The molecule has 2 heterocycles. The quantitative estimate of drug-likeness (QED) is 0.836. The maximum atomic E-state index is 12.6. The first-order chi connectivity index (χ1) is 12.3. The lowest BCUT2D eigenvalue weighted by Gasteiger charge is -2.36. The average Bonchev–Trinajstić information content (AvgIpc) is 3.15. The van der Waals surface area contributed by atoms with Gasteiger partial charge in [-0.25, -0.2) is 0 Å². The molecule has 1 fully saturated rings. The molecular formula is C18H21F3N4O. The molecule has 3 rings (SSSR count). The Morgan fingerprint density at radius 2 is 1.81 bits per heavy atom. The Labute approximate surface area is 150 Å². The summed E-state index contributed by atoms with van der Waals surface area (Å²) in [6.07, 6.45) is -0.898. The number of rotatable bonds is 4. The van der Waals surface area contributed by atoms with Crippen molar-refractivity contribution in [2.24, 2.45) is 0 Å². The molecule has 1 aliphatic heterocycles. The van der Waals surface area contributed by atoms with Gasteiger partial charge >= 0.3 is 6.18 Å². The number of benzene rings is 1. The van der Waals surface area contributed by atoms with E-state index in [2.05, 4.69) is 10.00 Å². The molecule has 1 aromatic heterocycles. The minimum Gasteiger partial charge on any atom is -0.338 e. The van der Waals surface area contributed by atoms with Gasteiger partial charge < -0.3 is 4.90 Å². The zero-order chi connectivity index (χ0) is 18.7. The average molecular weight is 366 g/mol. The van der Waals surface area contributed by atoms with Crippen molar-refractivity contribution in [1.82, 2.24) is 19.6 Å². The van der Waals surface area contributed by atoms with Gasteiger partial charge in [0.05, 0.1) is 5.56 Å². The van der Waals surface area contributed by atoms with Crippen molar-refractivity contribution in [3.05, 3.63) is 53.9 Å². The van der Waals surface area contributed by atoms with E-state index in [1.54, 1.807) is 23.1 Å². The fraction of sp³-hybridized carbons (Fsp3) is 0.444. The topological polar surface area (TPSA) is 41.4 Å². The van der Waals surface area contributed by atoms with Gasteiger partial charge in [-0.3, -0.25) is 14.4 Å². The Hall–Kier alpha value is -2.35. The summed E-state index contributed by atoms with van der Waals surface area (Å²) in [5.74, 6) is 0.0304. The van der Waals surface area contributed by atoms with E-state index in [1.165, 1.54) is 12.1 Å². The standard InChI is InChI=1S/C18H21F3N4O/c1-14(25-8-2-7-22-25)17(26)24-11-9-23(10-12-24)13-15-3-5-16(6-4-15)18(19,20)21/h2-8,14H,9-13H2,1H3/t14-/m0/s1. The second kappa shape index (κ2) is 7.49. The second-order valence-corrected chi connectivity index (χ2v) is 6.46. The maximum Gasteiger partial charge on any atom is 0.416 e. The van der Waals surface area contributed by atoms with Crippen LogP contribution in [0.15, 0.2) is 42.7 Å². The first kappa shape index (κ1) is 18.4. The minimum absolute atomic E-state index is 0.0304. The van der Waals surface area contributed by atoms with Crippen molar-refractivity contribution in [1.29, 1.82) is 0 Å². The van der Waals surface area contributed by atoms with Crippen LogP contribution in [0.1, 0.15) is 24.1 Å². The molecule has 0 saturated carbocycles. The first-order valence-electron chi connectivity index (χ1n) is 8.51. The van der Waals surface area contributed by atoms with Crippen molar-refractivity contribution in [3.63, 3.8) is 0 Å². The molecule has 8 heteroatoms. The second-order valence-electron chi connectivity index (χ2n) is 6.46. The number of aromatic nitrogens is 2. The Bertz CT molecular complexity index is 720. The number of carbonyl (C=O) groups excluding carboxylic acids is 1. The van der Waals surface area contributed by atoms with E-state index in [4.69, 9.17) is 0 Å². The van der Waals surface area contributed by atoms with Crippen molar-refractivity contribution < 1.29 is 18.0 Å². The molecule has 140 valence electrons. The Balaban J connectivity index is 1.51. The highest BCUT2D eigenvalue weighted by atomic mass is 19.4. The molecule has 5 nitrogen and oxygen atoms in total. The molecule has 0 unspecified atom stereocenters. The lowest BCUT2D eigenvalue weighted by atomic mass is 10.1. The van der Waals surface area contributed by atoms with Gasteiger partial charge in [-0.15, -0.1) is 0 Å². The van der Waals surface area contributed by atoms with E-state index >= 15 is 0 Å². The van der Waals surface area contributed by atoms with E-state index < -0.39 is 11.7 Å². The number of nitrogens with zero attached hydrogens (tertiary/aromatic N) is 4. The molecule has 2 aromatic rings. The van der Waals surface area contributed by atoms with Gasteiger partial charge in [0.25, 0.3) is 0 Å². The van der Waals surface area contributed by atoms with Crippen LogP contribution in [0.5, 0.6) is 0 Å². The number of alkyl halides is 3. The Kier molecular flexibility index (Phi) is 5.31. The molecule has 0 radical (unpaired) electrons. The fourth-order valence-corrected chi connectivity index (χ4v) is 3.07. The summed E-state index contributed by atoms with van der Waals surface area (Å²) in [4.78, 5) is 16.5. The third-order valence-corrected chi connectivity index (χ3v) is 4.65. The zero-order valence-electron chi connectivity index (χ0n) is 14.5. The zero-order valence-corrected chi connectivity index (χ0v) is 14.5. The lowest BCUT2D eigenvalue weighted by Crippen LogP contribution is -2.49. The maximum absolute atomic E-state index is 12.6. The van der Waals surface area contributed by atoms with Crippen LogP contribution in [0, 0.1) is 0 Å². The fourth-order valence-electron chi connectivity index (χ4n) is 3.07. The van der Waals surface area contributed by atoms with Crippen LogP contribution in [-0.4, -0.2) is 51.7 Å². The summed E-state index contributed by atoms with van der Waals surface area (Å²) in [5, 5.41) is 4.11. The summed E-state index contributed by atoms with van der Waals surface area (Å²) in [5.41, 5.74) is 0.201. The number of amides is 1. The molecule has 1 atom stereocenters. The van der Waals surface area contributed by atoms with E-state index in [0.29, 0.717) is 32.7 Å². The van der Waals surface area contributed by atoms with E-state index in [1.807, 2.05) is 11.8 Å². The van der Waals surface area contributed by atoms with Crippen molar-refractivity contribution in [2.75, 3.05) is 26.2 Å². The van der Waals surface area contributed by atoms with E-state index in [0.717, 1.165) is 17.7 Å². The highest BCUT2D eigenvalue weighted by molar-refractivity contribution is 5.80. The van der Waals surface area contributed by atoms with Crippen molar-refractivity contribution in [3.8, 4) is 0 Å². The lowest BCUT2D eigenvalue weighted by molar-refractivity contribution is -0.137. The molecule has 0 spiro atoms. The Morgan fingerprint density at radius 1 is 1.15 bits per heavy atom. The predicted octanol–water partition coefficient (Wildman–Crippen LogP) is 2.81.